The van der Waals surface area contributed by atoms with Crippen LogP contribution in [0.1, 0.15) is 0 Å². The fraction of sp³-hybridized carbons (Fsp3) is 0.750. The van der Waals surface area contributed by atoms with E-state index in [9.17, 15) is 9.59 Å². The summed E-state index contributed by atoms with van der Waals surface area (Å²) in [7, 11) is 3.19. The Hall–Kier alpha value is -1.30. The molecule has 1 atom stereocenters. The molecule has 1 aliphatic rings. The molecule has 1 heterocycles. The van der Waals surface area contributed by atoms with E-state index in [0.717, 1.165) is 4.90 Å². The van der Waals surface area contributed by atoms with Gasteiger partial charge < -0.3 is 14.7 Å². The van der Waals surface area contributed by atoms with Crippen molar-refractivity contribution in [3.8, 4) is 0 Å². The Balaban J connectivity index is 2.72. The van der Waals surface area contributed by atoms with E-state index in [1.165, 1.54) is 4.90 Å². The summed E-state index contributed by atoms with van der Waals surface area (Å²) in [6.45, 7) is 0.742. The number of amides is 2. The van der Waals surface area contributed by atoms with E-state index >= 15 is 0 Å². The minimum atomic E-state index is -1.08. The number of carbonyl (C=O) groups excluding carboxylic acids is 1. The lowest BCUT2D eigenvalue weighted by atomic mass is 10.2. The van der Waals surface area contributed by atoms with Gasteiger partial charge in [0, 0.05) is 20.6 Å². The summed E-state index contributed by atoms with van der Waals surface area (Å²) in [6, 6.07) is -0.698. The van der Waals surface area contributed by atoms with Crippen molar-refractivity contribution in [2.75, 3.05) is 33.9 Å². The summed E-state index contributed by atoms with van der Waals surface area (Å²) in [4.78, 5) is 24.8. The molecule has 0 spiro atoms. The zero-order valence-electron chi connectivity index (χ0n) is 8.27. The van der Waals surface area contributed by atoms with Crippen molar-refractivity contribution < 1.29 is 19.4 Å². The molecule has 1 fully saturated rings. The van der Waals surface area contributed by atoms with E-state index < -0.39 is 12.1 Å². The maximum Gasteiger partial charge on any atom is 0.408 e. The quantitative estimate of drug-likeness (QED) is 0.619. The van der Waals surface area contributed by atoms with Gasteiger partial charge in [0.25, 0.3) is 0 Å². The number of rotatable bonds is 1. The third kappa shape index (κ3) is 2.14. The SMILES string of the molecule is CN(C)C(=O)C1COCCN1C(=O)O. The predicted octanol–water partition coefficient (Wildman–Crippen LogP) is -0.547. The standard InChI is InChI=1S/C8H14N2O4/c1-9(2)7(11)6-5-14-4-3-10(6)8(12)13/h6H,3-5H2,1-2H3,(H,12,13). The molecule has 1 rings (SSSR count). The molecule has 2 amide bonds. The van der Waals surface area contributed by atoms with E-state index in [-0.39, 0.29) is 19.1 Å². The molecule has 1 aliphatic heterocycles. The summed E-state index contributed by atoms with van der Waals surface area (Å²) < 4.78 is 5.08. The zero-order valence-corrected chi connectivity index (χ0v) is 8.27. The third-order valence-electron chi connectivity index (χ3n) is 2.10. The Morgan fingerprint density at radius 1 is 1.50 bits per heavy atom. The van der Waals surface area contributed by atoms with Crippen LogP contribution in [0.5, 0.6) is 0 Å². The van der Waals surface area contributed by atoms with Gasteiger partial charge in [-0.05, 0) is 0 Å². The molecule has 1 unspecified atom stereocenters. The highest BCUT2D eigenvalue weighted by Gasteiger charge is 2.33. The van der Waals surface area contributed by atoms with Crippen molar-refractivity contribution in [2.45, 2.75) is 6.04 Å². The predicted molar refractivity (Wildman–Crippen MR) is 48.0 cm³/mol. The molecule has 0 saturated carbocycles. The summed E-state index contributed by atoms with van der Waals surface area (Å²) in [5.74, 6) is -0.243. The average Bonchev–Trinajstić information content (AvgIpc) is 2.16. The van der Waals surface area contributed by atoms with Gasteiger partial charge in [0.05, 0.1) is 13.2 Å². The van der Waals surface area contributed by atoms with Crippen molar-refractivity contribution in [1.82, 2.24) is 9.80 Å². The summed E-state index contributed by atoms with van der Waals surface area (Å²) >= 11 is 0. The number of hydrogen-bond donors (Lipinski definition) is 1. The number of ether oxygens (including phenoxy) is 1. The normalized spacial score (nSPS) is 21.9. The van der Waals surface area contributed by atoms with Crippen molar-refractivity contribution in [2.24, 2.45) is 0 Å². The Morgan fingerprint density at radius 2 is 2.14 bits per heavy atom. The molecule has 0 aromatic heterocycles. The van der Waals surface area contributed by atoms with Gasteiger partial charge in [0.2, 0.25) is 5.91 Å². The number of hydrogen-bond acceptors (Lipinski definition) is 3. The first-order chi connectivity index (χ1) is 6.54. The van der Waals surface area contributed by atoms with Crippen LogP contribution in [0.15, 0.2) is 0 Å². The third-order valence-corrected chi connectivity index (χ3v) is 2.10. The molecule has 0 radical (unpaired) electrons. The maximum atomic E-state index is 11.6. The highest BCUT2D eigenvalue weighted by atomic mass is 16.5. The van der Waals surface area contributed by atoms with Crippen LogP contribution in [-0.2, 0) is 9.53 Å². The molecule has 6 nitrogen and oxygen atoms in total. The molecule has 0 aromatic carbocycles. The van der Waals surface area contributed by atoms with Gasteiger partial charge in [-0.3, -0.25) is 9.69 Å². The fourth-order valence-electron chi connectivity index (χ4n) is 1.34. The van der Waals surface area contributed by atoms with Crippen LogP contribution in [0.3, 0.4) is 0 Å². The number of morpholine rings is 1. The average molecular weight is 202 g/mol. The molecule has 1 N–H and O–H groups in total. The number of carboxylic acid groups (broad SMARTS) is 1. The molecule has 0 aliphatic carbocycles. The molecular weight excluding hydrogens is 188 g/mol. The monoisotopic (exact) mass is 202 g/mol. The first-order valence-electron chi connectivity index (χ1n) is 4.32. The molecule has 1 saturated heterocycles. The van der Waals surface area contributed by atoms with Gasteiger partial charge in [-0.25, -0.2) is 4.79 Å². The van der Waals surface area contributed by atoms with Crippen LogP contribution in [0.4, 0.5) is 4.79 Å². The van der Waals surface area contributed by atoms with Gasteiger partial charge in [-0.15, -0.1) is 0 Å². The topological polar surface area (TPSA) is 70.1 Å². The summed E-state index contributed by atoms with van der Waals surface area (Å²) in [5.41, 5.74) is 0. The van der Waals surface area contributed by atoms with Gasteiger partial charge in [0.1, 0.15) is 6.04 Å². The fourth-order valence-corrected chi connectivity index (χ4v) is 1.34. The second kappa shape index (κ2) is 4.28. The van der Waals surface area contributed by atoms with Crippen LogP contribution in [0, 0.1) is 0 Å². The number of carbonyl (C=O) groups is 2. The lowest BCUT2D eigenvalue weighted by Gasteiger charge is -2.33. The van der Waals surface area contributed by atoms with E-state index in [1.54, 1.807) is 14.1 Å². The minimum Gasteiger partial charge on any atom is -0.465 e. The Morgan fingerprint density at radius 3 is 2.64 bits per heavy atom. The van der Waals surface area contributed by atoms with E-state index in [1.807, 2.05) is 0 Å². The minimum absolute atomic E-state index is 0.142. The zero-order chi connectivity index (χ0) is 10.7. The van der Waals surface area contributed by atoms with Crippen LogP contribution in [0.25, 0.3) is 0 Å². The lowest BCUT2D eigenvalue weighted by Crippen LogP contribution is -2.55. The Bertz CT molecular complexity index is 241. The van der Waals surface area contributed by atoms with Crippen molar-refractivity contribution in [3.05, 3.63) is 0 Å². The molecule has 0 bridgehead atoms. The van der Waals surface area contributed by atoms with Crippen molar-refractivity contribution in [3.63, 3.8) is 0 Å². The highest BCUT2D eigenvalue weighted by Crippen LogP contribution is 2.09. The van der Waals surface area contributed by atoms with Gasteiger partial charge in [-0.2, -0.15) is 0 Å². The van der Waals surface area contributed by atoms with E-state index in [0.29, 0.717) is 6.61 Å². The smallest absolute Gasteiger partial charge is 0.408 e. The molecule has 14 heavy (non-hydrogen) atoms. The summed E-state index contributed by atoms with van der Waals surface area (Å²) in [5, 5.41) is 8.84. The van der Waals surface area contributed by atoms with E-state index in [4.69, 9.17) is 9.84 Å². The van der Waals surface area contributed by atoms with Gasteiger partial charge in [0.15, 0.2) is 0 Å². The molecule has 6 heteroatoms. The molecular formula is C8H14N2O4. The Labute approximate surface area is 82.0 Å². The van der Waals surface area contributed by atoms with Gasteiger partial charge >= 0.3 is 6.09 Å². The molecule has 80 valence electrons. The van der Waals surface area contributed by atoms with E-state index in [2.05, 4.69) is 0 Å². The van der Waals surface area contributed by atoms with Crippen molar-refractivity contribution >= 4 is 12.0 Å². The van der Waals surface area contributed by atoms with Crippen LogP contribution in [0.2, 0.25) is 0 Å². The molecule has 0 aromatic rings. The first kappa shape index (κ1) is 10.8. The van der Waals surface area contributed by atoms with Gasteiger partial charge in [-0.1, -0.05) is 0 Å². The lowest BCUT2D eigenvalue weighted by molar-refractivity contribution is -0.139. The van der Waals surface area contributed by atoms with Crippen LogP contribution < -0.4 is 0 Å². The van der Waals surface area contributed by atoms with Crippen LogP contribution in [-0.4, -0.2) is 66.8 Å². The summed E-state index contributed by atoms with van der Waals surface area (Å²) in [6.07, 6.45) is -1.08. The number of likely N-dealkylation sites (N-methyl/N-ethyl adjacent to an activating group) is 1. The number of nitrogens with zero attached hydrogens (tertiary/aromatic N) is 2. The van der Waals surface area contributed by atoms with Crippen molar-refractivity contribution in [1.29, 1.82) is 0 Å². The second-order valence-corrected chi connectivity index (χ2v) is 3.30. The van der Waals surface area contributed by atoms with Crippen LogP contribution >= 0.6 is 0 Å². The Kier molecular flexibility index (Phi) is 3.29. The first-order valence-corrected chi connectivity index (χ1v) is 4.32. The second-order valence-electron chi connectivity index (χ2n) is 3.30. The maximum absolute atomic E-state index is 11.6. The largest absolute Gasteiger partial charge is 0.465 e. The highest BCUT2D eigenvalue weighted by molar-refractivity contribution is 5.85.